The molecular weight excluding hydrogens is 340 g/mol. The van der Waals surface area contributed by atoms with E-state index in [4.69, 9.17) is 21.5 Å². The molecule has 6 nitrogen and oxygen atoms in total. The van der Waals surface area contributed by atoms with Crippen LogP contribution in [0, 0.1) is 6.92 Å². The van der Waals surface area contributed by atoms with Gasteiger partial charge in [0, 0.05) is 10.7 Å². The highest BCUT2D eigenvalue weighted by molar-refractivity contribution is 7.89. The number of hydrogen-bond donors (Lipinski definition) is 2. The molecule has 3 N–H and O–H groups in total. The monoisotopic (exact) mass is 354 g/mol. The molecule has 0 atom stereocenters. The Bertz CT molecular complexity index is 837. The standard InChI is InChI=1S/C15H15ClN2O4S/c1-10-7-11(16)5-6-14(10)22-9-15(19)18-12-3-2-4-13(8-12)23(17,20)21/h2-8H,9H2,1H3,(H,18,19)(H2,17,20,21). The van der Waals surface area contributed by atoms with Crippen LogP contribution in [0.5, 0.6) is 5.75 Å². The third-order valence-electron chi connectivity index (χ3n) is 2.94. The van der Waals surface area contributed by atoms with E-state index >= 15 is 0 Å². The minimum atomic E-state index is -3.82. The third kappa shape index (κ3) is 4.95. The first-order valence-corrected chi connectivity index (χ1v) is 8.50. The summed E-state index contributed by atoms with van der Waals surface area (Å²) in [6.07, 6.45) is 0. The molecular formula is C15H15ClN2O4S. The topological polar surface area (TPSA) is 98.5 Å². The lowest BCUT2D eigenvalue weighted by molar-refractivity contribution is -0.118. The van der Waals surface area contributed by atoms with Crippen LogP contribution < -0.4 is 15.2 Å². The first-order valence-electron chi connectivity index (χ1n) is 6.57. The molecule has 0 bridgehead atoms. The van der Waals surface area contributed by atoms with E-state index in [0.29, 0.717) is 16.5 Å². The van der Waals surface area contributed by atoms with Gasteiger partial charge in [-0.05, 0) is 48.9 Å². The van der Waals surface area contributed by atoms with Crippen LogP contribution in [0.15, 0.2) is 47.4 Å². The summed E-state index contributed by atoms with van der Waals surface area (Å²) in [7, 11) is -3.82. The van der Waals surface area contributed by atoms with Crippen LogP contribution >= 0.6 is 11.6 Å². The van der Waals surface area contributed by atoms with Crippen molar-refractivity contribution in [1.29, 1.82) is 0 Å². The summed E-state index contributed by atoms with van der Waals surface area (Å²) in [6, 6.07) is 10.7. The maximum atomic E-state index is 11.9. The van der Waals surface area contributed by atoms with Crippen molar-refractivity contribution in [2.24, 2.45) is 5.14 Å². The van der Waals surface area contributed by atoms with Crippen LogP contribution in [-0.2, 0) is 14.8 Å². The number of carbonyl (C=O) groups excluding carboxylic acids is 1. The van der Waals surface area contributed by atoms with E-state index in [9.17, 15) is 13.2 Å². The van der Waals surface area contributed by atoms with Crippen molar-refractivity contribution in [2.75, 3.05) is 11.9 Å². The van der Waals surface area contributed by atoms with Gasteiger partial charge in [-0.15, -0.1) is 0 Å². The van der Waals surface area contributed by atoms with Crippen molar-refractivity contribution in [3.63, 3.8) is 0 Å². The van der Waals surface area contributed by atoms with E-state index in [0.717, 1.165) is 5.56 Å². The zero-order valence-electron chi connectivity index (χ0n) is 12.2. The molecule has 122 valence electrons. The highest BCUT2D eigenvalue weighted by Gasteiger charge is 2.10. The number of sulfonamides is 1. The molecule has 8 heteroatoms. The number of rotatable bonds is 5. The number of ether oxygens (including phenoxy) is 1. The number of halogens is 1. The van der Waals surface area contributed by atoms with Gasteiger partial charge in [-0.1, -0.05) is 17.7 Å². The van der Waals surface area contributed by atoms with E-state index < -0.39 is 15.9 Å². The van der Waals surface area contributed by atoms with E-state index in [2.05, 4.69) is 5.32 Å². The molecule has 0 radical (unpaired) electrons. The first kappa shape index (κ1) is 17.3. The maximum absolute atomic E-state index is 11.9. The molecule has 0 saturated heterocycles. The number of benzene rings is 2. The van der Waals surface area contributed by atoms with Crippen molar-refractivity contribution in [3.8, 4) is 5.75 Å². The molecule has 0 unspecified atom stereocenters. The normalized spacial score (nSPS) is 11.1. The van der Waals surface area contributed by atoms with E-state index in [1.165, 1.54) is 18.2 Å². The van der Waals surface area contributed by atoms with Gasteiger partial charge in [0.1, 0.15) is 5.75 Å². The quantitative estimate of drug-likeness (QED) is 0.860. The number of anilines is 1. The summed E-state index contributed by atoms with van der Waals surface area (Å²) >= 11 is 5.84. The van der Waals surface area contributed by atoms with Gasteiger partial charge < -0.3 is 10.1 Å². The summed E-state index contributed by atoms with van der Waals surface area (Å²) in [5, 5.41) is 8.17. The average Bonchev–Trinajstić information content (AvgIpc) is 2.45. The lowest BCUT2D eigenvalue weighted by Crippen LogP contribution is -2.21. The Balaban J connectivity index is 2.00. The number of hydrogen-bond acceptors (Lipinski definition) is 4. The van der Waals surface area contributed by atoms with Gasteiger partial charge in [-0.2, -0.15) is 0 Å². The Hall–Kier alpha value is -2.09. The number of primary sulfonamides is 1. The number of carbonyl (C=O) groups is 1. The average molecular weight is 355 g/mol. The van der Waals surface area contributed by atoms with Crippen molar-refractivity contribution < 1.29 is 17.9 Å². The number of aryl methyl sites for hydroxylation is 1. The molecule has 23 heavy (non-hydrogen) atoms. The molecule has 2 aromatic carbocycles. The second kappa shape index (κ2) is 6.99. The fourth-order valence-electron chi connectivity index (χ4n) is 1.87. The molecule has 0 saturated carbocycles. The van der Waals surface area contributed by atoms with Crippen LogP contribution in [0.1, 0.15) is 5.56 Å². The summed E-state index contributed by atoms with van der Waals surface area (Å²) in [5.74, 6) is 0.119. The second-order valence-corrected chi connectivity index (χ2v) is 6.82. The largest absolute Gasteiger partial charge is 0.483 e. The van der Waals surface area contributed by atoms with Crippen molar-refractivity contribution in [1.82, 2.24) is 0 Å². The fraction of sp³-hybridized carbons (Fsp3) is 0.133. The molecule has 2 rings (SSSR count). The highest BCUT2D eigenvalue weighted by atomic mass is 35.5. The molecule has 0 spiro atoms. The Morgan fingerprint density at radius 1 is 1.26 bits per heavy atom. The second-order valence-electron chi connectivity index (χ2n) is 4.82. The summed E-state index contributed by atoms with van der Waals surface area (Å²) < 4.78 is 28.0. The predicted octanol–water partition coefficient (Wildman–Crippen LogP) is 2.31. The molecule has 1 amide bonds. The van der Waals surface area contributed by atoms with Crippen LogP contribution in [0.2, 0.25) is 5.02 Å². The van der Waals surface area contributed by atoms with Crippen molar-refractivity contribution in [2.45, 2.75) is 11.8 Å². The Kier molecular flexibility index (Phi) is 5.25. The van der Waals surface area contributed by atoms with Crippen molar-refractivity contribution in [3.05, 3.63) is 53.1 Å². The van der Waals surface area contributed by atoms with Gasteiger partial charge in [-0.25, -0.2) is 13.6 Å². The van der Waals surface area contributed by atoms with Gasteiger partial charge in [0.25, 0.3) is 5.91 Å². The molecule has 0 aliphatic heterocycles. The summed E-state index contributed by atoms with van der Waals surface area (Å²) in [5.41, 5.74) is 1.12. The Morgan fingerprint density at radius 3 is 2.65 bits per heavy atom. The third-order valence-corrected chi connectivity index (χ3v) is 4.09. The highest BCUT2D eigenvalue weighted by Crippen LogP contribution is 2.21. The van der Waals surface area contributed by atoms with Gasteiger partial charge >= 0.3 is 0 Å². The molecule has 0 heterocycles. The minimum Gasteiger partial charge on any atom is -0.483 e. The molecule has 0 aromatic heterocycles. The molecule has 0 fully saturated rings. The number of nitrogens with two attached hydrogens (primary N) is 1. The zero-order chi connectivity index (χ0) is 17.0. The van der Waals surface area contributed by atoms with Crippen LogP contribution in [0.4, 0.5) is 5.69 Å². The van der Waals surface area contributed by atoms with E-state index in [1.807, 2.05) is 6.92 Å². The van der Waals surface area contributed by atoms with Gasteiger partial charge in [0.05, 0.1) is 4.90 Å². The van der Waals surface area contributed by atoms with Crippen LogP contribution in [0.25, 0.3) is 0 Å². The van der Waals surface area contributed by atoms with E-state index in [-0.39, 0.29) is 11.5 Å². The molecule has 0 aliphatic rings. The fourth-order valence-corrected chi connectivity index (χ4v) is 2.65. The van der Waals surface area contributed by atoms with Crippen LogP contribution in [0.3, 0.4) is 0 Å². The molecule has 0 aliphatic carbocycles. The van der Waals surface area contributed by atoms with Crippen LogP contribution in [-0.4, -0.2) is 20.9 Å². The Morgan fingerprint density at radius 2 is 2.00 bits per heavy atom. The first-order chi connectivity index (χ1) is 10.8. The Labute approximate surface area is 139 Å². The van der Waals surface area contributed by atoms with Gasteiger partial charge in [0.15, 0.2) is 6.61 Å². The maximum Gasteiger partial charge on any atom is 0.262 e. The SMILES string of the molecule is Cc1cc(Cl)ccc1OCC(=O)Nc1cccc(S(N)(=O)=O)c1. The van der Waals surface area contributed by atoms with Gasteiger partial charge in [-0.3, -0.25) is 4.79 Å². The summed E-state index contributed by atoms with van der Waals surface area (Å²) in [4.78, 5) is 11.8. The number of nitrogens with one attached hydrogen (secondary N) is 1. The summed E-state index contributed by atoms with van der Waals surface area (Å²) in [6.45, 7) is 1.59. The minimum absolute atomic E-state index is 0.0789. The number of amides is 1. The van der Waals surface area contributed by atoms with Crippen molar-refractivity contribution >= 4 is 33.2 Å². The zero-order valence-corrected chi connectivity index (χ0v) is 13.8. The predicted molar refractivity (Wildman–Crippen MR) is 88.1 cm³/mol. The molecule has 2 aromatic rings. The van der Waals surface area contributed by atoms with E-state index in [1.54, 1.807) is 24.3 Å². The lowest BCUT2D eigenvalue weighted by Gasteiger charge is -2.10. The lowest BCUT2D eigenvalue weighted by atomic mass is 10.2. The smallest absolute Gasteiger partial charge is 0.262 e. The van der Waals surface area contributed by atoms with Gasteiger partial charge in [0.2, 0.25) is 10.0 Å².